The van der Waals surface area contributed by atoms with Gasteiger partial charge in [0.2, 0.25) is 0 Å². The van der Waals surface area contributed by atoms with Gasteiger partial charge in [0.15, 0.2) is 0 Å². The van der Waals surface area contributed by atoms with E-state index in [-0.39, 0.29) is 0 Å². The van der Waals surface area contributed by atoms with Crippen molar-refractivity contribution < 1.29 is 0 Å². The predicted octanol–water partition coefficient (Wildman–Crippen LogP) is 4.08. The van der Waals surface area contributed by atoms with Crippen LogP contribution in [0.4, 0.5) is 5.69 Å². The Morgan fingerprint density at radius 2 is 1.89 bits per heavy atom. The van der Waals surface area contributed by atoms with Crippen molar-refractivity contribution in [3.8, 4) is 6.07 Å². The lowest BCUT2D eigenvalue weighted by atomic mass is 10.0. The molecule has 19 heavy (non-hydrogen) atoms. The first-order chi connectivity index (χ1) is 9.20. The fraction of sp³-hybridized carbons (Fsp3) is 0.235. The van der Waals surface area contributed by atoms with Crippen LogP contribution in [0.3, 0.4) is 0 Å². The molecule has 0 heterocycles. The van der Waals surface area contributed by atoms with E-state index >= 15 is 0 Å². The summed E-state index contributed by atoms with van der Waals surface area (Å²) >= 11 is 0. The molecule has 0 aliphatic carbocycles. The summed E-state index contributed by atoms with van der Waals surface area (Å²) in [4.78, 5) is 0. The van der Waals surface area contributed by atoms with Crippen LogP contribution in [0.25, 0.3) is 0 Å². The van der Waals surface area contributed by atoms with E-state index in [4.69, 9.17) is 5.26 Å². The minimum absolute atomic E-state index is 0.456. The van der Waals surface area contributed by atoms with Gasteiger partial charge in [-0.25, -0.2) is 0 Å². The summed E-state index contributed by atoms with van der Waals surface area (Å²) in [5.74, 6) is 0.456. The van der Waals surface area contributed by atoms with Crippen molar-refractivity contribution in [2.45, 2.75) is 19.8 Å². The van der Waals surface area contributed by atoms with Crippen LogP contribution in [0.15, 0.2) is 48.5 Å². The van der Waals surface area contributed by atoms with Gasteiger partial charge in [0, 0.05) is 12.2 Å². The van der Waals surface area contributed by atoms with Gasteiger partial charge in [-0.1, -0.05) is 37.3 Å². The molecular weight excluding hydrogens is 232 g/mol. The van der Waals surface area contributed by atoms with E-state index in [2.05, 4.69) is 42.6 Å². The van der Waals surface area contributed by atoms with Crippen molar-refractivity contribution in [2.24, 2.45) is 0 Å². The minimum Gasteiger partial charge on any atom is -0.384 e. The first-order valence-electron chi connectivity index (χ1n) is 6.50. The molecule has 0 fully saturated rings. The number of hydrogen-bond acceptors (Lipinski definition) is 2. The van der Waals surface area contributed by atoms with Crippen LogP contribution in [-0.2, 0) is 0 Å². The molecule has 0 radical (unpaired) electrons. The van der Waals surface area contributed by atoms with E-state index in [0.717, 1.165) is 23.4 Å². The van der Waals surface area contributed by atoms with Gasteiger partial charge in [0.25, 0.3) is 0 Å². The van der Waals surface area contributed by atoms with Gasteiger partial charge in [0.1, 0.15) is 0 Å². The third-order valence-electron chi connectivity index (χ3n) is 3.33. The molecule has 1 unspecified atom stereocenters. The Morgan fingerprint density at radius 3 is 2.53 bits per heavy atom. The number of nitriles is 1. The molecule has 2 nitrogen and oxygen atoms in total. The average Bonchev–Trinajstić information content (AvgIpc) is 2.46. The van der Waals surface area contributed by atoms with Crippen LogP contribution >= 0.6 is 0 Å². The Hall–Kier alpha value is -2.27. The molecule has 2 aromatic rings. The molecule has 0 aliphatic heterocycles. The van der Waals surface area contributed by atoms with Crippen molar-refractivity contribution >= 4 is 5.69 Å². The second-order valence-electron chi connectivity index (χ2n) is 4.83. The highest BCUT2D eigenvalue weighted by molar-refractivity contribution is 5.51. The molecule has 1 N–H and O–H groups in total. The highest BCUT2D eigenvalue weighted by atomic mass is 14.9. The second kappa shape index (κ2) is 6.06. The van der Waals surface area contributed by atoms with Crippen molar-refractivity contribution in [3.05, 3.63) is 65.2 Å². The molecular formula is C17H18N2. The van der Waals surface area contributed by atoms with Crippen LogP contribution in [0.5, 0.6) is 0 Å². The highest BCUT2D eigenvalue weighted by Crippen LogP contribution is 2.18. The number of hydrogen-bond donors (Lipinski definition) is 1. The largest absolute Gasteiger partial charge is 0.384 e. The van der Waals surface area contributed by atoms with Gasteiger partial charge in [-0.2, -0.15) is 5.26 Å². The number of rotatable bonds is 4. The smallest absolute Gasteiger partial charge is 0.0994 e. The third kappa shape index (κ3) is 3.35. The first-order valence-corrected chi connectivity index (χ1v) is 6.50. The van der Waals surface area contributed by atoms with Gasteiger partial charge in [-0.3, -0.25) is 0 Å². The Kier molecular flexibility index (Phi) is 4.20. The molecule has 0 aromatic heterocycles. The SMILES string of the molecule is Cc1cc(NCC(C)c2ccccc2)ccc1C#N. The summed E-state index contributed by atoms with van der Waals surface area (Å²) in [5.41, 5.74) is 4.15. The van der Waals surface area contributed by atoms with E-state index in [0.29, 0.717) is 5.92 Å². The molecule has 2 aromatic carbocycles. The Bertz CT molecular complexity index is 582. The van der Waals surface area contributed by atoms with Gasteiger partial charge in [-0.15, -0.1) is 0 Å². The number of benzene rings is 2. The van der Waals surface area contributed by atoms with E-state index in [1.165, 1.54) is 5.56 Å². The van der Waals surface area contributed by atoms with Gasteiger partial charge in [0.05, 0.1) is 11.6 Å². The van der Waals surface area contributed by atoms with E-state index in [1.807, 2.05) is 31.2 Å². The van der Waals surface area contributed by atoms with Crippen molar-refractivity contribution in [1.29, 1.82) is 5.26 Å². The summed E-state index contributed by atoms with van der Waals surface area (Å²) in [6, 6.07) is 18.5. The van der Waals surface area contributed by atoms with E-state index in [1.54, 1.807) is 0 Å². The zero-order chi connectivity index (χ0) is 13.7. The Labute approximate surface area is 114 Å². The van der Waals surface area contributed by atoms with E-state index in [9.17, 15) is 0 Å². The summed E-state index contributed by atoms with van der Waals surface area (Å²) < 4.78 is 0. The predicted molar refractivity (Wildman–Crippen MR) is 79.2 cm³/mol. The summed E-state index contributed by atoms with van der Waals surface area (Å²) in [7, 11) is 0. The highest BCUT2D eigenvalue weighted by Gasteiger charge is 2.05. The third-order valence-corrected chi connectivity index (χ3v) is 3.33. The maximum atomic E-state index is 8.91. The number of nitrogens with one attached hydrogen (secondary N) is 1. The molecule has 96 valence electrons. The summed E-state index contributed by atoms with van der Waals surface area (Å²) in [6.07, 6.45) is 0. The van der Waals surface area contributed by atoms with Crippen LogP contribution in [-0.4, -0.2) is 6.54 Å². The van der Waals surface area contributed by atoms with Crippen molar-refractivity contribution in [2.75, 3.05) is 11.9 Å². The lowest BCUT2D eigenvalue weighted by Crippen LogP contribution is -2.09. The van der Waals surface area contributed by atoms with Gasteiger partial charge in [-0.05, 0) is 42.2 Å². The lowest BCUT2D eigenvalue weighted by Gasteiger charge is -2.14. The molecule has 0 saturated heterocycles. The molecule has 1 atom stereocenters. The molecule has 0 saturated carbocycles. The zero-order valence-corrected chi connectivity index (χ0v) is 11.4. The molecule has 0 amide bonds. The average molecular weight is 250 g/mol. The normalized spacial score (nSPS) is 11.6. The Balaban J connectivity index is 2.00. The second-order valence-corrected chi connectivity index (χ2v) is 4.83. The standard InChI is InChI=1S/C17H18N2/c1-13-10-17(9-8-16(13)11-18)19-12-14(2)15-6-4-3-5-7-15/h3-10,14,19H,12H2,1-2H3. The summed E-state index contributed by atoms with van der Waals surface area (Å²) in [6.45, 7) is 5.05. The van der Waals surface area contributed by atoms with E-state index < -0.39 is 0 Å². The molecule has 0 bridgehead atoms. The minimum atomic E-state index is 0.456. The number of anilines is 1. The maximum absolute atomic E-state index is 8.91. The van der Waals surface area contributed by atoms with Gasteiger partial charge >= 0.3 is 0 Å². The van der Waals surface area contributed by atoms with Crippen molar-refractivity contribution in [3.63, 3.8) is 0 Å². The lowest BCUT2D eigenvalue weighted by molar-refractivity contribution is 0.805. The number of aryl methyl sites for hydroxylation is 1. The molecule has 2 rings (SSSR count). The fourth-order valence-corrected chi connectivity index (χ4v) is 2.07. The van der Waals surface area contributed by atoms with Crippen LogP contribution in [0.1, 0.15) is 29.5 Å². The monoisotopic (exact) mass is 250 g/mol. The molecule has 2 heteroatoms. The fourth-order valence-electron chi connectivity index (χ4n) is 2.07. The molecule has 0 spiro atoms. The summed E-state index contributed by atoms with van der Waals surface area (Å²) in [5, 5.41) is 12.3. The van der Waals surface area contributed by atoms with Crippen LogP contribution in [0.2, 0.25) is 0 Å². The Morgan fingerprint density at radius 1 is 1.16 bits per heavy atom. The molecule has 0 aliphatic rings. The first kappa shape index (κ1) is 13.2. The van der Waals surface area contributed by atoms with Gasteiger partial charge < -0.3 is 5.32 Å². The zero-order valence-electron chi connectivity index (χ0n) is 11.4. The van der Waals surface area contributed by atoms with Crippen LogP contribution in [0, 0.1) is 18.3 Å². The van der Waals surface area contributed by atoms with Crippen LogP contribution < -0.4 is 5.32 Å². The topological polar surface area (TPSA) is 35.8 Å². The van der Waals surface area contributed by atoms with Crippen molar-refractivity contribution in [1.82, 2.24) is 0 Å². The maximum Gasteiger partial charge on any atom is 0.0994 e. The number of nitrogens with zero attached hydrogens (tertiary/aromatic N) is 1. The quantitative estimate of drug-likeness (QED) is 0.887.